The zero-order valence-corrected chi connectivity index (χ0v) is 22.4. The molecule has 0 bridgehead atoms. The number of nitrogens with zero attached hydrogens (tertiary/aromatic N) is 3. The van der Waals surface area contributed by atoms with Crippen LogP contribution in [0.4, 0.5) is 10.1 Å². The molecule has 4 aromatic rings. The molecule has 1 amide bonds. The van der Waals surface area contributed by atoms with Crippen molar-refractivity contribution < 1.29 is 9.18 Å². The van der Waals surface area contributed by atoms with E-state index in [4.69, 9.17) is 12.2 Å². The SMILES string of the molecule is Cc1c(C2C(c3ccccn3)NC(=S)N2CCC(=O)Nc2ccc(F)cc2)c(C)n(-c2ccccc2)c1C. The van der Waals surface area contributed by atoms with Crippen LogP contribution in [0.15, 0.2) is 79.0 Å². The van der Waals surface area contributed by atoms with Crippen molar-refractivity contribution in [3.8, 4) is 5.69 Å². The Morgan fingerprint density at radius 3 is 2.39 bits per heavy atom. The number of para-hydroxylation sites is 1. The van der Waals surface area contributed by atoms with Crippen molar-refractivity contribution in [3.05, 3.63) is 113 Å². The molecule has 2 aromatic carbocycles. The Bertz CT molecular complexity index is 1450. The Hall–Kier alpha value is -4.04. The molecule has 8 heteroatoms. The molecule has 0 saturated carbocycles. The molecule has 194 valence electrons. The molecule has 38 heavy (non-hydrogen) atoms. The van der Waals surface area contributed by atoms with Gasteiger partial charge >= 0.3 is 0 Å². The molecule has 1 saturated heterocycles. The fourth-order valence-electron chi connectivity index (χ4n) is 5.34. The molecule has 1 aliphatic heterocycles. The molecule has 1 aliphatic rings. The number of halogens is 1. The Balaban J connectivity index is 1.49. The largest absolute Gasteiger partial charge is 0.352 e. The fourth-order valence-corrected chi connectivity index (χ4v) is 5.68. The van der Waals surface area contributed by atoms with E-state index in [1.165, 1.54) is 23.3 Å². The number of carbonyl (C=O) groups excluding carboxylic acids is 1. The first-order valence-electron chi connectivity index (χ1n) is 12.6. The minimum absolute atomic E-state index is 0.153. The van der Waals surface area contributed by atoms with Crippen molar-refractivity contribution in [2.45, 2.75) is 39.3 Å². The molecule has 3 heterocycles. The van der Waals surface area contributed by atoms with Gasteiger partial charge in [0.1, 0.15) is 5.82 Å². The average Bonchev–Trinajstić information content (AvgIpc) is 3.36. The second-order valence-electron chi connectivity index (χ2n) is 9.51. The molecular formula is C30H30FN5OS. The van der Waals surface area contributed by atoms with Crippen molar-refractivity contribution in [2.75, 3.05) is 11.9 Å². The maximum Gasteiger partial charge on any atom is 0.226 e. The monoisotopic (exact) mass is 527 g/mol. The summed E-state index contributed by atoms with van der Waals surface area (Å²) >= 11 is 5.82. The number of rotatable bonds is 7. The number of benzene rings is 2. The highest BCUT2D eigenvalue weighted by Crippen LogP contribution is 2.43. The van der Waals surface area contributed by atoms with E-state index in [1.54, 1.807) is 18.3 Å². The summed E-state index contributed by atoms with van der Waals surface area (Å²) in [6.07, 6.45) is 2.01. The van der Waals surface area contributed by atoms with E-state index in [2.05, 4.69) is 58.0 Å². The Morgan fingerprint density at radius 1 is 1.00 bits per heavy atom. The molecule has 6 nitrogen and oxygen atoms in total. The number of anilines is 1. The minimum Gasteiger partial charge on any atom is -0.352 e. The Labute approximate surface area is 227 Å². The van der Waals surface area contributed by atoms with Crippen molar-refractivity contribution in [3.63, 3.8) is 0 Å². The highest BCUT2D eigenvalue weighted by atomic mass is 32.1. The smallest absolute Gasteiger partial charge is 0.226 e. The van der Waals surface area contributed by atoms with Crippen molar-refractivity contribution in [1.29, 1.82) is 0 Å². The van der Waals surface area contributed by atoms with Gasteiger partial charge in [-0.05, 0) is 87.1 Å². The van der Waals surface area contributed by atoms with Crippen LogP contribution in [-0.4, -0.2) is 32.0 Å². The summed E-state index contributed by atoms with van der Waals surface area (Å²) in [4.78, 5) is 19.6. The summed E-state index contributed by atoms with van der Waals surface area (Å²) in [5, 5.41) is 6.92. The molecule has 0 spiro atoms. The van der Waals surface area contributed by atoms with Gasteiger partial charge in [0.05, 0.1) is 17.8 Å². The molecular weight excluding hydrogens is 497 g/mol. The predicted molar refractivity (Wildman–Crippen MR) is 152 cm³/mol. The van der Waals surface area contributed by atoms with Crippen molar-refractivity contribution >= 4 is 28.9 Å². The van der Waals surface area contributed by atoms with Crippen LogP contribution < -0.4 is 10.6 Å². The Morgan fingerprint density at radius 2 is 1.71 bits per heavy atom. The van der Waals surface area contributed by atoms with E-state index < -0.39 is 0 Å². The lowest BCUT2D eigenvalue weighted by Gasteiger charge is -2.29. The van der Waals surface area contributed by atoms with E-state index in [0.717, 1.165) is 22.8 Å². The first-order valence-corrected chi connectivity index (χ1v) is 13.0. The Kier molecular flexibility index (Phi) is 7.24. The number of nitrogens with one attached hydrogen (secondary N) is 2. The van der Waals surface area contributed by atoms with E-state index in [1.807, 2.05) is 36.4 Å². The molecule has 0 aliphatic carbocycles. The summed E-state index contributed by atoms with van der Waals surface area (Å²) in [6.45, 7) is 6.84. The number of pyridine rings is 1. The maximum atomic E-state index is 13.3. The summed E-state index contributed by atoms with van der Waals surface area (Å²) in [5.74, 6) is -0.505. The topological polar surface area (TPSA) is 62.2 Å². The van der Waals surface area contributed by atoms with Crippen LogP contribution >= 0.6 is 12.2 Å². The lowest BCUT2D eigenvalue weighted by Crippen LogP contribution is -2.33. The first-order chi connectivity index (χ1) is 18.3. The van der Waals surface area contributed by atoms with Crippen LogP contribution in [0.3, 0.4) is 0 Å². The van der Waals surface area contributed by atoms with Crippen molar-refractivity contribution in [1.82, 2.24) is 19.8 Å². The summed E-state index contributed by atoms with van der Waals surface area (Å²) in [7, 11) is 0. The van der Waals surface area contributed by atoms with Gasteiger partial charge in [-0.1, -0.05) is 24.3 Å². The first kappa shape index (κ1) is 25.6. The summed E-state index contributed by atoms with van der Waals surface area (Å²) in [6, 6.07) is 21.6. The number of hydrogen-bond acceptors (Lipinski definition) is 3. The van der Waals surface area contributed by atoms with Gasteiger partial charge in [0.15, 0.2) is 5.11 Å². The minimum atomic E-state index is -0.344. The molecule has 1 fully saturated rings. The lowest BCUT2D eigenvalue weighted by atomic mass is 9.93. The van der Waals surface area contributed by atoms with Gasteiger partial charge in [-0.25, -0.2) is 4.39 Å². The highest BCUT2D eigenvalue weighted by molar-refractivity contribution is 7.80. The third-order valence-electron chi connectivity index (χ3n) is 7.22. The van der Waals surface area contributed by atoms with Gasteiger partial charge in [-0.2, -0.15) is 0 Å². The highest BCUT2D eigenvalue weighted by Gasteiger charge is 2.42. The van der Waals surface area contributed by atoms with Gasteiger partial charge in [0, 0.05) is 47.5 Å². The van der Waals surface area contributed by atoms with E-state index in [0.29, 0.717) is 17.3 Å². The molecule has 0 radical (unpaired) electrons. The third-order valence-corrected chi connectivity index (χ3v) is 7.58. The van der Waals surface area contributed by atoms with E-state index in [-0.39, 0.29) is 30.2 Å². The van der Waals surface area contributed by atoms with E-state index in [9.17, 15) is 9.18 Å². The number of hydrogen-bond donors (Lipinski definition) is 2. The van der Waals surface area contributed by atoms with Crippen LogP contribution in [0.2, 0.25) is 0 Å². The second kappa shape index (κ2) is 10.8. The summed E-state index contributed by atoms with van der Waals surface area (Å²) in [5.41, 5.74) is 7.20. The van der Waals surface area contributed by atoms with Crippen LogP contribution in [0.1, 0.15) is 46.7 Å². The van der Waals surface area contributed by atoms with Crippen LogP contribution in [0, 0.1) is 26.6 Å². The zero-order valence-electron chi connectivity index (χ0n) is 21.6. The normalized spacial score (nSPS) is 16.9. The second-order valence-corrected chi connectivity index (χ2v) is 9.89. The lowest BCUT2D eigenvalue weighted by molar-refractivity contribution is -0.116. The van der Waals surface area contributed by atoms with Crippen LogP contribution in [-0.2, 0) is 4.79 Å². The van der Waals surface area contributed by atoms with Crippen molar-refractivity contribution in [2.24, 2.45) is 0 Å². The van der Waals surface area contributed by atoms with Crippen LogP contribution in [0.25, 0.3) is 5.69 Å². The molecule has 2 aromatic heterocycles. The van der Waals surface area contributed by atoms with Gasteiger partial charge in [-0.3, -0.25) is 9.78 Å². The number of amides is 1. The quantitative estimate of drug-likeness (QED) is 0.292. The zero-order chi connectivity index (χ0) is 26.8. The maximum absolute atomic E-state index is 13.3. The van der Waals surface area contributed by atoms with E-state index >= 15 is 0 Å². The molecule has 2 unspecified atom stereocenters. The third kappa shape index (κ3) is 4.91. The summed E-state index contributed by atoms with van der Waals surface area (Å²) < 4.78 is 15.5. The van der Waals surface area contributed by atoms with Gasteiger partial charge < -0.3 is 20.1 Å². The van der Waals surface area contributed by atoms with Gasteiger partial charge in [0.2, 0.25) is 5.91 Å². The molecule has 2 atom stereocenters. The standard InChI is InChI=1S/C30H30FN5OS/c1-19-20(2)36(24-9-5-4-6-10-24)21(3)27(19)29-28(25-11-7-8-17-32-25)34-30(38)35(29)18-16-26(37)33-23-14-12-22(31)13-15-23/h4-15,17,28-29H,16,18H2,1-3H3,(H,33,37)(H,34,38). The fraction of sp³-hybridized carbons (Fsp3) is 0.233. The van der Waals surface area contributed by atoms with Crippen LogP contribution in [0.5, 0.6) is 0 Å². The number of aromatic nitrogens is 2. The van der Waals surface area contributed by atoms with Gasteiger partial charge in [0.25, 0.3) is 0 Å². The average molecular weight is 528 g/mol. The predicted octanol–water partition coefficient (Wildman–Crippen LogP) is 5.94. The number of thiocarbonyl (C=S) groups is 1. The molecule has 5 rings (SSSR count). The van der Waals surface area contributed by atoms with Gasteiger partial charge in [-0.15, -0.1) is 0 Å². The molecule has 2 N–H and O–H groups in total. The number of carbonyl (C=O) groups is 1.